The second-order valence-corrected chi connectivity index (χ2v) is 5.50. The van der Waals surface area contributed by atoms with Crippen molar-refractivity contribution < 1.29 is 5.11 Å². The van der Waals surface area contributed by atoms with Crippen LogP contribution in [0.1, 0.15) is 26.7 Å². The van der Waals surface area contributed by atoms with Gasteiger partial charge in [-0.2, -0.15) is 0 Å². The van der Waals surface area contributed by atoms with E-state index in [0.29, 0.717) is 0 Å². The van der Waals surface area contributed by atoms with E-state index in [9.17, 15) is 5.11 Å². The fourth-order valence-corrected chi connectivity index (χ4v) is 2.38. The fraction of sp³-hybridized carbons (Fsp3) is 1.00. The molecule has 17 heavy (non-hydrogen) atoms. The number of aliphatic hydroxyl groups excluding tert-OH is 1. The topological polar surface area (TPSA) is 38.7 Å². The van der Waals surface area contributed by atoms with Crippen LogP contribution in [-0.2, 0) is 0 Å². The predicted octanol–water partition coefficient (Wildman–Crippen LogP) is 0.375. The maximum absolute atomic E-state index is 9.45. The van der Waals surface area contributed by atoms with Crippen molar-refractivity contribution >= 4 is 0 Å². The van der Waals surface area contributed by atoms with Crippen LogP contribution in [-0.4, -0.2) is 73.4 Å². The van der Waals surface area contributed by atoms with E-state index in [-0.39, 0.29) is 12.1 Å². The molecule has 1 saturated heterocycles. The number of nitrogens with zero attached hydrogens (tertiary/aromatic N) is 2. The van der Waals surface area contributed by atoms with Crippen molar-refractivity contribution in [3.63, 3.8) is 0 Å². The summed E-state index contributed by atoms with van der Waals surface area (Å²) in [5, 5.41) is 12.8. The van der Waals surface area contributed by atoms with E-state index in [4.69, 9.17) is 0 Å². The average molecular weight is 243 g/mol. The Morgan fingerprint density at radius 3 is 2.65 bits per heavy atom. The quantitative estimate of drug-likeness (QED) is 0.707. The largest absolute Gasteiger partial charge is 0.394 e. The van der Waals surface area contributed by atoms with Crippen LogP contribution in [0.5, 0.6) is 0 Å². The van der Waals surface area contributed by atoms with Gasteiger partial charge in [-0.05, 0) is 46.4 Å². The normalized spacial score (nSPS) is 23.3. The first-order valence-corrected chi connectivity index (χ1v) is 6.86. The van der Waals surface area contributed by atoms with E-state index in [1.54, 1.807) is 0 Å². The molecule has 0 amide bonds. The van der Waals surface area contributed by atoms with Gasteiger partial charge in [0.25, 0.3) is 0 Å². The zero-order valence-electron chi connectivity index (χ0n) is 11.7. The predicted molar refractivity (Wildman–Crippen MR) is 72.3 cm³/mol. The van der Waals surface area contributed by atoms with Gasteiger partial charge in [0.15, 0.2) is 0 Å². The highest BCUT2D eigenvalue weighted by Crippen LogP contribution is 2.11. The van der Waals surface area contributed by atoms with Crippen molar-refractivity contribution in [3.8, 4) is 0 Å². The zero-order valence-corrected chi connectivity index (χ0v) is 11.7. The van der Waals surface area contributed by atoms with Crippen LogP contribution < -0.4 is 5.32 Å². The van der Waals surface area contributed by atoms with Gasteiger partial charge in [0.05, 0.1) is 6.61 Å². The van der Waals surface area contributed by atoms with Crippen LogP contribution in [0.25, 0.3) is 0 Å². The minimum absolute atomic E-state index is 0.118. The Hall–Kier alpha value is -0.160. The lowest BCUT2D eigenvalue weighted by Gasteiger charge is -2.31. The summed E-state index contributed by atoms with van der Waals surface area (Å²) in [5.41, 5.74) is -0.118. The summed E-state index contributed by atoms with van der Waals surface area (Å²) in [7, 11) is 2.19. The van der Waals surface area contributed by atoms with Gasteiger partial charge < -0.3 is 20.2 Å². The van der Waals surface area contributed by atoms with E-state index in [2.05, 4.69) is 36.0 Å². The third kappa shape index (κ3) is 5.34. The van der Waals surface area contributed by atoms with Gasteiger partial charge in [0.2, 0.25) is 0 Å². The van der Waals surface area contributed by atoms with E-state index in [0.717, 1.165) is 32.6 Å². The molecule has 0 aromatic heterocycles. The number of aliphatic hydroxyl groups is 1. The van der Waals surface area contributed by atoms with E-state index in [1.165, 1.54) is 19.5 Å². The van der Waals surface area contributed by atoms with Crippen molar-refractivity contribution in [2.75, 3.05) is 52.9 Å². The molecular formula is C13H29N3O. The van der Waals surface area contributed by atoms with Crippen molar-refractivity contribution in [2.45, 2.75) is 32.2 Å². The third-order valence-corrected chi connectivity index (χ3v) is 3.74. The SMILES string of the molecule is CCNC(C)(CO)CCN1CCCN(C)CC1. The molecule has 0 spiro atoms. The standard InChI is InChI=1S/C13H29N3O/c1-4-14-13(2,12-17)6-9-16-8-5-7-15(3)10-11-16/h14,17H,4-12H2,1-3H3. The second kappa shape index (κ2) is 7.31. The maximum Gasteiger partial charge on any atom is 0.0611 e. The number of hydrogen-bond acceptors (Lipinski definition) is 4. The molecule has 1 aliphatic heterocycles. The van der Waals surface area contributed by atoms with Gasteiger partial charge in [-0.1, -0.05) is 6.92 Å². The maximum atomic E-state index is 9.45. The Morgan fingerprint density at radius 1 is 1.24 bits per heavy atom. The Balaban J connectivity index is 2.33. The number of hydrogen-bond donors (Lipinski definition) is 2. The monoisotopic (exact) mass is 243 g/mol. The van der Waals surface area contributed by atoms with Gasteiger partial charge in [0.1, 0.15) is 0 Å². The highest BCUT2D eigenvalue weighted by Gasteiger charge is 2.23. The van der Waals surface area contributed by atoms with Crippen LogP contribution in [0.15, 0.2) is 0 Å². The lowest BCUT2D eigenvalue weighted by atomic mass is 9.98. The Kier molecular flexibility index (Phi) is 6.41. The van der Waals surface area contributed by atoms with E-state index < -0.39 is 0 Å². The minimum Gasteiger partial charge on any atom is -0.394 e. The van der Waals surface area contributed by atoms with Crippen molar-refractivity contribution in [1.82, 2.24) is 15.1 Å². The van der Waals surface area contributed by atoms with Crippen molar-refractivity contribution in [3.05, 3.63) is 0 Å². The Bertz CT molecular complexity index is 213. The van der Waals surface area contributed by atoms with Gasteiger partial charge in [-0.3, -0.25) is 0 Å². The molecule has 0 bridgehead atoms. The molecule has 0 aliphatic carbocycles. The average Bonchev–Trinajstić information content (AvgIpc) is 2.52. The molecule has 1 aliphatic rings. The summed E-state index contributed by atoms with van der Waals surface area (Å²) in [6, 6.07) is 0. The molecule has 0 radical (unpaired) electrons. The molecule has 0 saturated carbocycles. The van der Waals surface area contributed by atoms with Crippen molar-refractivity contribution in [1.29, 1.82) is 0 Å². The molecule has 1 unspecified atom stereocenters. The molecule has 4 heteroatoms. The smallest absolute Gasteiger partial charge is 0.0611 e. The molecule has 1 rings (SSSR count). The molecule has 2 N–H and O–H groups in total. The lowest BCUT2D eigenvalue weighted by Crippen LogP contribution is -2.48. The third-order valence-electron chi connectivity index (χ3n) is 3.74. The fourth-order valence-electron chi connectivity index (χ4n) is 2.38. The summed E-state index contributed by atoms with van der Waals surface area (Å²) in [5.74, 6) is 0. The van der Waals surface area contributed by atoms with Crippen LogP contribution >= 0.6 is 0 Å². The van der Waals surface area contributed by atoms with Crippen molar-refractivity contribution in [2.24, 2.45) is 0 Å². The lowest BCUT2D eigenvalue weighted by molar-refractivity contribution is 0.148. The van der Waals surface area contributed by atoms with Gasteiger partial charge in [-0.25, -0.2) is 0 Å². The molecule has 0 aromatic carbocycles. The van der Waals surface area contributed by atoms with E-state index >= 15 is 0 Å². The number of likely N-dealkylation sites (N-methyl/N-ethyl adjacent to an activating group) is 2. The summed E-state index contributed by atoms with van der Waals surface area (Å²) in [4.78, 5) is 4.92. The number of rotatable bonds is 6. The van der Waals surface area contributed by atoms with Gasteiger partial charge in [0, 0.05) is 25.2 Å². The van der Waals surface area contributed by atoms with Crippen LogP contribution in [0.2, 0.25) is 0 Å². The summed E-state index contributed by atoms with van der Waals surface area (Å²) in [6.07, 6.45) is 2.27. The van der Waals surface area contributed by atoms with Crippen LogP contribution in [0.3, 0.4) is 0 Å². The second-order valence-electron chi connectivity index (χ2n) is 5.50. The van der Waals surface area contributed by atoms with Crippen LogP contribution in [0.4, 0.5) is 0 Å². The number of nitrogens with one attached hydrogen (secondary N) is 1. The first kappa shape index (κ1) is 14.9. The van der Waals surface area contributed by atoms with E-state index in [1.807, 2.05) is 0 Å². The van der Waals surface area contributed by atoms with Gasteiger partial charge >= 0.3 is 0 Å². The molecule has 1 fully saturated rings. The summed E-state index contributed by atoms with van der Waals surface area (Å²) in [6.45, 7) is 11.1. The molecule has 0 aromatic rings. The first-order chi connectivity index (χ1) is 8.09. The zero-order chi connectivity index (χ0) is 12.7. The van der Waals surface area contributed by atoms with Crippen LogP contribution in [0, 0.1) is 0 Å². The Morgan fingerprint density at radius 2 is 2.00 bits per heavy atom. The first-order valence-electron chi connectivity index (χ1n) is 6.86. The summed E-state index contributed by atoms with van der Waals surface area (Å²) < 4.78 is 0. The molecule has 4 nitrogen and oxygen atoms in total. The summed E-state index contributed by atoms with van der Waals surface area (Å²) >= 11 is 0. The molecule has 1 atom stereocenters. The molecule has 1 heterocycles. The molecular weight excluding hydrogens is 214 g/mol. The highest BCUT2D eigenvalue weighted by molar-refractivity contribution is 4.83. The minimum atomic E-state index is -0.118. The Labute approximate surface area is 106 Å². The van der Waals surface area contributed by atoms with Gasteiger partial charge in [-0.15, -0.1) is 0 Å². The molecule has 102 valence electrons. The highest BCUT2D eigenvalue weighted by atomic mass is 16.3.